The number of aromatic amines is 1. The summed E-state index contributed by atoms with van der Waals surface area (Å²) in [6.45, 7) is 6.24. The Morgan fingerprint density at radius 1 is 1.56 bits per heavy atom. The Balaban J connectivity index is 2.05. The number of rotatable bonds is 3. The van der Waals surface area contributed by atoms with E-state index in [1.807, 2.05) is 18.7 Å². The van der Waals surface area contributed by atoms with E-state index in [0.29, 0.717) is 13.0 Å². The van der Waals surface area contributed by atoms with E-state index >= 15 is 0 Å². The molecule has 1 aromatic rings. The van der Waals surface area contributed by atoms with Crippen molar-refractivity contribution in [2.24, 2.45) is 0 Å². The molecule has 0 saturated heterocycles. The van der Waals surface area contributed by atoms with Crippen molar-refractivity contribution in [3.05, 3.63) is 17.7 Å². The highest BCUT2D eigenvalue weighted by molar-refractivity contribution is 5.82. The Morgan fingerprint density at radius 2 is 2.31 bits per heavy atom. The van der Waals surface area contributed by atoms with Crippen molar-refractivity contribution >= 4 is 5.91 Å². The number of aromatic nitrogens is 2. The number of likely N-dealkylation sites (N-methyl/N-ethyl adjacent to an activating group) is 1. The molecule has 0 fully saturated rings. The summed E-state index contributed by atoms with van der Waals surface area (Å²) in [6, 6.07) is -0.115. The molecule has 5 heteroatoms. The van der Waals surface area contributed by atoms with E-state index in [9.17, 15) is 4.79 Å². The Labute approximate surface area is 95.2 Å². The van der Waals surface area contributed by atoms with Crippen LogP contribution < -0.4 is 5.32 Å². The van der Waals surface area contributed by atoms with E-state index in [1.54, 1.807) is 6.33 Å². The third kappa shape index (κ3) is 1.95. The van der Waals surface area contributed by atoms with Crippen LogP contribution in [0.1, 0.15) is 25.2 Å². The number of carbonyl (C=O) groups is 1. The van der Waals surface area contributed by atoms with Crippen molar-refractivity contribution in [3.63, 3.8) is 0 Å². The molecule has 2 rings (SSSR count). The van der Waals surface area contributed by atoms with E-state index in [0.717, 1.165) is 24.5 Å². The second kappa shape index (κ2) is 4.65. The van der Waals surface area contributed by atoms with Gasteiger partial charge in [-0.3, -0.25) is 10.1 Å². The minimum absolute atomic E-state index is 0.115. The monoisotopic (exact) mass is 222 g/mol. The summed E-state index contributed by atoms with van der Waals surface area (Å²) in [6.07, 6.45) is 2.38. The van der Waals surface area contributed by atoms with Crippen LogP contribution >= 0.6 is 0 Å². The Bertz CT molecular complexity index is 370. The van der Waals surface area contributed by atoms with Crippen LogP contribution in [0.15, 0.2) is 6.33 Å². The van der Waals surface area contributed by atoms with Crippen molar-refractivity contribution in [3.8, 4) is 0 Å². The molecule has 0 radical (unpaired) electrons. The lowest BCUT2D eigenvalue weighted by Gasteiger charge is -2.28. The molecule has 2 heterocycles. The van der Waals surface area contributed by atoms with Gasteiger partial charge in [-0.15, -0.1) is 0 Å². The van der Waals surface area contributed by atoms with Crippen LogP contribution in [0.4, 0.5) is 0 Å². The van der Waals surface area contributed by atoms with Gasteiger partial charge in [-0.25, -0.2) is 4.98 Å². The van der Waals surface area contributed by atoms with Crippen molar-refractivity contribution < 1.29 is 4.79 Å². The van der Waals surface area contributed by atoms with Crippen LogP contribution in [0.25, 0.3) is 0 Å². The molecule has 0 saturated carbocycles. The first-order chi connectivity index (χ1) is 7.76. The molecule has 1 atom stereocenters. The van der Waals surface area contributed by atoms with Crippen LogP contribution in [0.2, 0.25) is 0 Å². The summed E-state index contributed by atoms with van der Waals surface area (Å²) >= 11 is 0. The standard InChI is InChI=1S/C11H18N4O/c1-3-15(4-2)11(16)9-5-8-10(6-12-9)14-7-13-8/h7,9,12H,3-6H2,1-2H3,(H,13,14). The predicted molar refractivity (Wildman–Crippen MR) is 60.8 cm³/mol. The number of carbonyl (C=O) groups excluding carboxylic acids is 1. The molecule has 1 aromatic heterocycles. The maximum atomic E-state index is 12.1. The number of hydrogen-bond acceptors (Lipinski definition) is 3. The number of hydrogen-bond donors (Lipinski definition) is 2. The van der Waals surface area contributed by atoms with Crippen LogP contribution in [0.3, 0.4) is 0 Å². The highest BCUT2D eigenvalue weighted by Crippen LogP contribution is 2.13. The van der Waals surface area contributed by atoms with Crippen molar-refractivity contribution in [1.82, 2.24) is 20.2 Å². The second-order valence-electron chi connectivity index (χ2n) is 3.98. The summed E-state index contributed by atoms with van der Waals surface area (Å²) in [5.41, 5.74) is 2.12. The second-order valence-corrected chi connectivity index (χ2v) is 3.98. The molecule has 16 heavy (non-hydrogen) atoms. The van der Waals surface area contributed by atoms with E-state index in [1.165, 1.54) is 0 Å². The lowest BCUT2D eigenvalue weighted by Crippen LogP contribution is -2.49. The fourth-order valence-corrected chi connectivity index (χ4v) is 2.10. The average Bonchev–Trinajstić information content (AvgIpc) is 2.77. The number of imidazole rings is 1. The number of nitrogens with zero attached hydrogens (tertiary/aromatic N) is 2. The first kappa shape index (κ1) is 11.1. The zero-order valence-electron chi connectivity index (χ0n) is 9.79. The summed E-state index contributed by atoms with van der Waals surface area (Å²) in [7, 11) is 0. The van der Waals surface area contributed by atoms with Gasteiger partial charge >= 0.3 is 0 Å². The van der Waals surface area contributed by atoms with Gasteiger partial charge in [0.15, 0.2) is 0 Å². The van der Waals surface area contributed by atoms with Gasteiger partial charge < -0.3 is 9.88 Å². The SMILES string of the molecule is CCN(CC)C(=O)C1Cc2nc[nH]c2CN1. The van der Waals surface area contributed by atoms with Crippen LogP contribution in [-0.2, 0) is 17.8 Å². The Hall–Kier alpha value is -1.36. The topological polar surface area (TPSA) is 61.0 Å². The number of fused-ring (bicyclic) bond motifs is 1. The molecule has 2 N–H and O–H groups in total. The van der Waals surface area contributed by atoms with E-state index < -0.39 is 0 Å². The fraction of sp³-hybridized carbons (Fsp3) is 0.636. The molecule has 88 valence electrons. The molecule has 1 aliphatic rings. The lowest BCUT2D eigenvalue weighted by molar-refractivity contribution is -0.133. The van der Waals surface area contributed by atoms with Crippen LogP contribution in [-0.4, -0.2) is 39.9 Å². The molecular weight excluding hydrogens is 204 g/mol. The third-order valence-electron chi connectivity index (χ3n) is 3.10. The molecule has 0 aromatic carbocycles. The van der Waals surface area contributed by atoms with Gasteiger partial charge in [-0.2, -0.15) is 0 Å². The fourth-order valence-electron chi connectivity index (χ4n) is 2.10. The van der Waals surface area contributed by atoms with Gasteiger partial charge in [0.25, 0.3) is 0 Å². The largest absolute Gasteiger partial charge is 0.347 e. The molecule has 0 spiro atoms. The maximum absolute atomic E-state index is 12.1. The molecule has 1 aliphatic heterocycles. The van der Waals surface area contributed by atoms with Crippen molar-refractivity contribution in [2.75, 3.05) is 13.1 Å². The van der Waals surface area contributed by atoms with Gasteiger partial charge in [0, 0.05) is 26.1 Å². The third-order valence-corrected chi connectivity index (χ3v) is 3.10. The highest BCUT2D eigenvalue weighted by Gasteiger charge is 2.27. The smallest absolute Gasteiger partial charge is 0.240 e. The molecular formula is C11H18N4O. The van der Waals surface area contributed by atoms with Gasteiger partial charge in [0.05, 0.1) is 23.8 Å². The Morgan fingerprint density at radius 3 is 3.00 bits per heavy atom. The molecule has 5 nitrogen and oxygen atoms in total. The summed E-state index contributed by atoms with van der Waals surface area (Å²) in [4.78, 5) is 21.3. The van der Waals surface area contributed by atoms with Gasteiger partial charge in [-0.05, 0) is 13.8 Å². The van der Waals surface area contributed by atoms with Gasteiger partial charge in [0.1, 0.15) is 0 Å². The van der Waals surface area contributed by atoms with Crippen LogP contribution in [0.5, 0.6) is 0 Å². The first-order valence-electron chi connectivity index (χ1n) is 5.79. The van der Waals surface area contributed by atoms with Gasteiger partial charge in [0.2, 0.25) is 5.91 Å². The predicted octanol–water partition coefficient (Wildman–Crippen LogP) is 0.292. The number of nitrogens with one attached hydrogen (secondary N) is 2. The summed E-state index contributed by atoms with van der Waals surface area (Å²) < 4.78 is 0. The molecule has 1 unspecified atom stereocenters. The molecule has 1 amide bonds. The zero-order chi connectivity index (χ0) is 11.5. The van der Waals surface area contributed by atoms with E-state index in [4.69, 9.17) is 0 Å². The van der Waals surface area contributed by atoms with Crippen LogP contribution in [0, 0.1) is 0 Å². The number of H-pyrrole nitrogens is 1. The zero-order valence-corrected chi connectivity index (χ0v) is 9.79. The van der Waals surface area contributed by atoms with E-state index in [-0.39, 0.29) is 11.9 Å². The Kier molecular flexibility index (Phi) is 3.24. The van der Waals surface area contributed by atoms with Crippen molar-refractivity contribution in [2.45, 2.75) is 32.9 Å². The quantitative estimate of drug-likeness (QED) is 0.773. The number of amides is 1. The maximum Gasteiger partial charge on any atom is 0.240 e. The first-order valence-corrected chi connectivity index (χ1v) is 5.79. The minimum Gasteiger partial charge on any atom is -0.347 e. The van der Waals surface area contributed by atoms with E-state index in [2.05, 4.69) is 15.3 Å². The average molecular weight is 222 g/mol. The lowest BCUT2D eigenvalue weighted by atomic mass is 10.0. The summed E-state index contributed by atoms with van der Waals surface area (Å²) in [5.74, 6) is 0.179. The highest BCUT2D eigenvalue weighted by atomic mass is 16.2. The molecule has 0 aliphatic carbocycles. The molecule has 0 bridgehead atoms. The van der Waals surface area contributed by atoms with Gasteiger partial charge in [-0.1, -0.05) is 0 Å². The van der Waals surface area contributed by atoms with Crippen molar-refractivity contribution in [1.29, 1.82) is 0 Å². The minimum atomic E-state index is -0.115. The normalized spacial score (nSPS) is 19.2. The summed E-state index contributed by atoms with van der Waals surface area (Å²) in [5, 5.41) is 3.25.